The lowest BCUT2D eigenvalue weighted by Crippen LogP contribution is -2.17. The van der Waals surface area contributed by atoms with Crippen molar-refractivity contribution >= 4 is 0 Å². The van der Waals surface area contributed by atoms with Gasteiger partial charge in [0.25, 0.3) is 0 Å². The monoisotopic (exact) mass is 277 g/mol. The average Bonchev–Trinajstić information content (AvgIpc) is 3.27. The Morgan fingerprint density at radius 1 is 1.25 bits per heavy atom. The molecular weight excluding hydrogens is 250 g/mol. The molecule has 0 spiro atoms. The lowest BCUT2D eigenvalue weighted by molar-refractivity contribution is 0.0393. The van der Waals surface area contributed by atoms with Gasteiger partial charge in [-0.15, -0.1) is 0 Å². The van der Waals surface area contributed by atoms with Crippen molar-refractivity contribution < 1.29 is 9.47 Å². The van der Waals surface area contributed by atoms with Gasteiger partial charge in [0.2, 0.25) is 0 Å². The molecule has 1 aliphatic carbocycles. The zero-order valence-electron chi connectivity index (χ0n) is 12.7. The van der Waals surface area contributed by atoms with Crippen LogP contribution in [-0.2, 0) is 11.3 Å². The Hall–Kier alpha value is -1.06. The molecule has 1 aromatic carbocycles. The number of nitrogens with one attached hydrogen (secondary N) is 1. The topological polar surface area (TPSA) is 30.5 Å². The van der Waals surface area contributed by atoms with Crippen molar-refractivity contribution in [3.63, 3.8) is 0 Å². The molecule has 0 aliphatic heterocycles. The first kappa shape index (κ1) is 15.3. The van der Waals surface area contributed by atoms with E-state index >= 15 is 0 Å². The van der Waals surface area contributed by atoms with Crippen LogP contribution in [0.15, 0.2) is 24.3 Å². The minimum absolute atomic E-state index is 0.329. The molecule has 20 heavy (non-hydrogen) atoms. The van der Waals surface area contributed by atoms with E-state index in [2.05, 4.69) is 31.3 Å². The minimum atomic E-state index is 0.329. The summed E-state index contributed by atoms with van der Waals surface area (Å²) in [4.78, 5) is 0. The van der Waals surface area contributed by atoms with E-state index in [-0.39, 0.29) is 0 Å². The van der Waals surface area contributed by atoms with Crippen LogP contribution in [0, 0.1) is 0 Å². The molecule has 3 heteroatoms. The summed E-state index contributed by atoms with van der Waals surface area (Å²) >= 11 is 0. The highest BCUT2D eigenvalue weighted by Crippen LogP contribution is 2.22. The van der Waals surface area contributed by atoms with Crippen molar-refractivity contribution in [2.24, 2.45) is 0 Å². The van der Waals surface area contributed by atoms with Gasteiger partial charge < -0.3 is 14.8 Å². The van der Waals surface area contributed by atoms with E-state index in [9.17, 15) is 0 Å². The molecule has 1 aliphatic rings. The van der Waals surface area contributed by atoms with Crippen molar-refractivity contribution in [2.75, 3.05) is 13.2 Å². The van der Waals surface area contributed by atoms with Crippen LogP contribution in [0.5, 0.6) is 5.75 Å². The van der Waals surface area contributed by atoms with Crippen LogP contribution in [0.2, 0.25) is 0 Å². The summed E-state index contributed by atoms with van der Waals surface area (Å²) in [5, 5.41) is 3.53. The molecule has 1 N–H and O–H groups in total. The second kappa shape index (κ2) is 8.28. The predicted octanol–water partition coefficient (Wildman–Crippen LogP) is 3.52. The average molecular weight is 277 g/mol. The fraction of sp³-hybridized carbons (Fsp3) is 0.647. The summed E-state index contributed by atoms with van der Waals surface area (Å²) in [6.07, 6.45) is 5.23. The lowest BCUT2D eigenvalue weighted by atomic mass is 10.2. The van der Waals surface area contributed by atoms with Gasteiger partial charge >= 0.3 is 0 Å². The first-order valence-electron chi connectivity index (χ1n) is 7.85. The smallest absolute Gasteiger partial charge is 0.123 e. The zero-order chi connectivity index (χ0) is 14.2. The first-order valence-corrected chi connectivity index (χ1v) is 7.85. The summed E-state index contributed by atoms with van der Waals surface area (Å²) in [6, 6.07) is 8.99. The lowest BCUT2D eigenvalue weighted by Gasteiger charge is -2.14. The molecule has 0 aromatic heterocycles. The van der Waals surface area contributed by atoms with Crippen molar-refractivity contribution in [2.45, 2.75) is 58.2 Å². The number of hydrogen-bond donors (Lipinski definition) is 1. The van der Waals surface area contributed by atoms with E-state index in [1.165, 1.54) is 18.4 Å². The Balaban J connectivity index is 1.70. The molecule has 1 atom stereocenters. The Kier molecular flexibility index (Phi) is 6.34. The van der Waals surface area contributed by atoms with Gasteiger partial charge in [0.1, 0.15) is 12.4 Å². The van der Waals surface area contributed by atoms with E-state index < -0.39 is 0 Å². The molecule has 0 saturated heterocycles. The maximum absolute atomic E-state index is 5.85. The van der Waals surface area contributed by atoms with Crippen LogP contribution < -0.4 is 10.1 Å². The molecule has 0 amide bonds. The second-order valence-corrected chi connectivity index (χ2v) is 5.58. The highest BCUT2D eigenvalue weighted by molar-refractivity contribution is 5.33. The number of benzene rings is 1. The number of para-hydroxylation sites is 1. The molecule has 1 fully saturated rings. The van der Waals surface area contributed by atoms with Crippen LogP contribution in [-0.4, -0.2) is 25.4 Å². The first-order chi connectivity index (χ1) is 9.79. The van der Waals surface area contributed by atoms with Crippen LogP contribution in [0.3, 0.4) is 0 Å². The Bertz CT molecular complexity index is 390. The van der Waals surface area contributed by atoms with E-state index in [1.54, 1.807) is 0 Å². The molecule has 112 valence electrons. The molecule has 3 nitrogen and oxygen atoms in total. The molecule has 1 unspecified atom stereocenters. The number of hydrogen-bond acceptors (Lipinski definition) is 3. The van der Waals surface area contributed by atoms with Crippen molar-refractivity contribution in [1.82, 2.24) is 5.32 Å². The van der Waals surface area contributed by atoms with Crippen LogP contribution in [0.1, 0.15) is 45.1 Å². The predicted molar refractivity (Wildman–Crippen MR) is 82.1 cm³/mol. The van der Waals surface area contributed by atoms with Gasteiger partial charge in [-0.25, -0.2) is 0 Å². The van der Waals surface area contributed by atoms with Gasteiger partial charge in [0.05, 0.1) is 12.7 Å². The van der Waals surface area contributed by atoms with Gasteiger partial charge in [-0.2, -0.15) is 0 Å². The molecule has 1 aromatic rings. The van der Waals surface area contributed by atoms with Gasteiger partial charge in [-0.3, -0.25) is 0 Å². The molecule has 2 rings (SSSR count). The Morgan fingerprint density at radius 3 is 2.80 bits per heavy atom. The van der Waals surface area contributed by atoms with Crippen molar-refractivity contribution in [3.8, 4) is 5.75 Å². The molecular formula is C17H27NO2. The largest absolute Gasteiger partial charge is 0.491 e. The third-order valence-electron chi connectivity index (χ3n) is 3.57. The van der Waals surface area contributed by atoms with Gasteiger partial charge in [0.15, 0.2) is 0 Å². The van der Waals surface area contributed by atoms with Gasteiger partial charge in [0, 0.05) is 18.2 Å². The van der Waals surface area contributed by atoms with E-state index in [4.69, 9.17) is 9.47 Å². The van der Waals surface area contributed by atoms with Crippen molar-refractivity contribution in [3.05, 3.63) is 29.8 Å². The molecule has 1 saturated carbocycles. The van der Waals surface area contributed by atoms with Crippen LogP contribution in [0.25, 0.3) is 0 Å². The fourth-order valence-corrected chi connectivity index (χ4v) is 2.22. The quantitative estimate of drug-likeness (QED) is 0.664. The third-order valence-corrected chi connectivity index (χ3v) is 3.57. The number of ether oxygens (including phenoxy) is 2. The van der Waals surface area contributed by atoms with E-state index in [0.717, 1.165) is 31.2 Å². The molecule has 0 bridgehead atoms. The van der Waals surface area contributed by atoms with Crippen LogP contribution in [0.4, 0.5) is 0 Å². The highest BCUT2D eigenvalue weighted by Gasteiger charge is 2.20. The van der Waals surface area contributed by atoms with E-state index in [1.807, 2.05) is 12.1 Å². The highest BCUT2D eigenvalue weighted by atomic mass is 16.5. The summed E-state index contributed by atoms with van der Waals surface area (Å²) < 4.78 is 11.6. The fourth-order valence-electron chi connectivity index (χ4n) is 2.22. The SMILES string of the molecule is CCCC(C)OCCOc1ccccc1CNC1CC1. The van der Waals surface area contributed by atoms with Crippen molar-refractivity contribution in [1.29, 1.82) is 0 Å². The standard InChI is InChI=1S/C17H27NO2/c1-3-6-14(2)19-11-12-20-17-8-5-4-7-15(17)13-18-16-9-10-16/h4-5,7-8,14,16,18H,3,6,9-13H2,1-2H3. The summed E-state index contributed by atoms with van der Waals surface area (Å²) in [6.45, 7) is 6.48. The molecule has 0 heterocycles. The summed E-state index contributed by atoms with van der Waals surface area (Å²) in [7, 11) is 0. The third kappa shape index (κ3) is 5.51. The maximum Gasteiger partial charge on any atom is 0.123 e. The Labute approximate surface area is 122 Å². The zero-order valence-corrected chi connectivity index (χ0v) is 12.7. The second-order valence-electron chi connectivity index (χ2n) is 5.58. The molecule has 0 radical (unpaired) electrons. The summed E-state index contributed by atoms with van der Waals surface area (Å²) in [5.74, 6) is 0.979. The maximum atomic E-state index is 5.85. The summed E-state index contributed by atoms with van der Waals surface area (Å²) in [5.41, 5.74) is 1.24. The normalized spacial score (nSPS) is 16.1. The Morgan fingerprint density at radius 2 is 2.05 bits per heavy atom. The minimum Gasteiger partial charge on any atom is -0.491 e. The van der Waals surface area contributed by atoms with Gasteiger partial charge in [-0.1, -0.05) is 31.5 Å². The van der Waals surface area contributed by atoms with Gasteiger partial charge in [-0.05, 0) is 32.3 Å². The van der Waals surface area contributed by atoms with E-state index in [0.29, 0.717) is 19.3 Å². The van der Waals surface area contributed by atoms with Crippen LogP contribution >= 0.6 is 0 Å². The number of rotatable bonds is 10.